The predicted molar refractivity (Wildman–Crippen MR) is 110 cm³/mol. The highest BCUT2D eigenvalue weighted by molar-refractivity contribution is 5.81. The van der Waals surface area contributed by atoms with Gasteiger partial charge in [0.1, 0.15) is 17.1 Å². The molecular weight excluding hydrogens is 334 g/mol. The van der Waals surface area contributed by atoms with E-state index in [1.165, 1.54) is 16.7 Å². The van der Waals surface area contributed by atoms with E-state index in [2.05, 4.69) is 55.1 Å². The van der Waals surface area contributed by atoms with Crippen molar-refractivity contribution in [3.05, 3.63) is 64.7 Å². The highest BCUT2D eigenvalue weighted by Crippen LogP contribution is 2.50. The van der Waals surface area contributed by atoms with E-state index >= 15 is 0 Å². The minimum Gasteiger partial charge on any atom is -0.507 e. The molecule has 0 unspecified atom stereocenters. The van der Waals surface area contributed by atoms with Crippen molar-refractivity contribution >= 4 is 5.57 Å². The molecule has 0 atom stereocenters. The SMILES string of the molecule is CCC1(CC)Oc2cc(C)cc(O)c2C2=C1CN(Cc1ccccc1)CC2. The second-order valence-corrected chi connectivity index (χ2v) is 7.86. The first-order valence-corrected chi connectivity index (χ1v) is 10.1. The van der Waals surface area contributed by atoms with E-state index in [4.69, 9.17) is 4.74 Å². The molecule has 0 aromatic heterocycles. The molecule has 0 bridgehead atoms. The summed E-state index contributed by atoms with van der Waals surface area (Å²) in [6.45, 7) is 9.29. The normalized spacial score (nSPS) is 18.6. The molecule has 0 saturated carbocycles. The molecule has 0 radical (unpaired) electrons. The first kappa shape index (κ1) is 18.1. The van der Waals surface area contributed by atoms with E-state index < -0.39 is 0 Å². The zero-order valence-electron chi connectivity index (χ0n) is 16.6. The van der Waals surface area contributed by atoms with E-state index in [0.717, 1.165) is 55.8 Å². The van der Waals surface area contributed by atoms with Crippen molar-refractivity contribution in [2.24, 2.45) is 0 Å². The molecule has 0 saturated heterocycles. The van der Waals surface area contributed by atoms with Crippen LogP contribution in [0.2, 0.25) is 0 Å². The number of ether oxygens (including phenoxy) is 1. The summed E-state index contributed by atoms with van der Waals surface area (Å²) in [5, 5.41) is 10.7. The molecule has 4 rings (SSSR count). The number of rotatable bonds is 4. The Morgan fingerprint density at radius 2 is 1.85 bits per heavy atom. The lowest BCUT2D eigenvalue weighted by Gasteiger charge is -2.45. The van der Waals surface area contributed by atoms with Gasteiger partial charge in [-0.1, -0.05) is 44.2 Å². The highest BCUT2D eigenvalue weighted by atomic mass is 16.5. The molecule has 142 valence electrons. The third-order valence-electron chi connectivity index (χ3n) is 6.20. The maximum atomic E-state index is 10.7. The van der Waals surface area contributed by atoms with E-state index in [1.807, 2.05) is 13.0 Å². The van der Waals surface area contributed by atoms with Crippen molar-refractivity contribution in [2.75, 3.05) is 13.1 Å². The number of phenolic OH excluding ortho intramolecular Hbond substituents is 1. The van der Waals surface area contributed by atoms with Crippen LogP contribution in [-0.2, 0) is 6.54 Å². The Morgan fingerprint density at radius 3 is 2.56 bits per heavy atom. The maximum Gasteiger partial charge on any atom is 0.132 e. The lowest BCUT2D eigenvalue weighted by molar-refractivity contribution is 0.0792. The number of phenols is 1. The molecule has 1 N–H and O–H groups in total. The summed E-state index contributed by atoms with van der Waals surface area (Å²) < 4.78 is 6.60. The number of aromatic hydroxyl groups is 1. The topological polar surface area (TPSA) is 32.7 Å². The van der Waals surface area contributed by atoms with Gasteiger partial charge in [-0.15, -0.1) is 0 Å². The summed E-state index contributed by atoms with van der Waals surface area (Å²) in [4.78, 5) is 2.51. The number of hydrogen-bond donors (Lipinski definition) is 1. The highest BCUT2D eigenvalue weighted by Gasteiger charge is 2.43. The van der Waals surface area contributed by atoms with Crippen molar-refractivity contribution in [1.82, 2.24) is 4.90 Å². The van der Waals surface area contributed by atoms with Gasteiger partial charge in [-0.2, -0.15) is 0 Å². The first-order valence-electron chi connectivity index (χ1n) is 10.1. The molecule has 27 heavy (non-hydrogen) atoms. The van der Waals surface area contributed by atoms with Gasteiger partial charge in [-0.25, -0.2) is 0 Å². The molecule has 0 fully saturated rings. The third-order valence-corrected chi connectivity index (χ3v) is 6.20. The van der Waals surface area contributed by atoms with Crippen molar-refractivity contribution in [3.8, 4) is 11.5 Å². The van der Waals surface area contributed by atoms with Crippen molar-refractivity contribution in [2.45, 2.75) is 52.2 Å². The molecule has 0 amide bonds. The fourth-order valence-corrected chi connectivity index (χ4v) is 4.70. The zero-order valence-corrected chi connectivity index (χ0v) is 16.6. The van der Waals surface area contributed by atoms with E-state index in [1.54, 1.807) is 0 Å². The molecule has 0 aliphatic carbocycles. The van der Waals surface area contributed by atoms with E-state index in [-0.39, 0.29) is 5.60 Å². The van der Waals surface area contributed by atoms with Crippen LogP contribution >= 0.6 is 0 Å². The fourth-order valence-electron chi connectivity index (χ4n) is 4.70. The van der Waals surface area contributed by atoms with Gasteiger partial charge in [-0.05, 0) is 60.6 Å². The lowest BCUT2D eigenvalue weighted by atomic mass is 9.77. The van der Waals surface area contributed by atoms with Gasteiger partial charge < -0.3 is 9.84 Å². The second kappa shape index (κ2) is 7.05. The van der Waals surface area contributed by atoms with Crippen LogP contribution < -0.4 is 4.74 Å². The summed E-state index contributed by atoms with van der Waals surface area (Å²) in [5.41, 5.74) is 5.71. The van der Waals surface area contributed by atoms with Crippen molar-refractivity contribution in [1.29, 1.82) is 0 Å². The molecule has 2 aliphatic rings. The van der Waals surface area contributed by atoms with Gasteiger partial charge in [0, 0.05) is 19.6 Å². The van der Waals surface area contributed by atoms with Crippen LogP contribution in [0.1, 0.15) is 49.8 Å². The van der Waals surface area contributed by atoms with Gasteiger partial charge in [0.2, 0.25) is 0 Å². The number of hydrogen-bond acceptors (Lipinski definition) is 3. The molecule has 2 aliphatic heterocycles. The summed E-state index contributed by atoms with van der Waals surface area (Å²) in [5.74, 6) is 1.21. The minimum absolute atomic E-state index is 0.266. The number of aryl methyl sites for hydroxylation is 1. The average Bonchev–Trinajstić information content (AvgIpc) is 2.67. The van der Waals surface area contributed by atoms with Crippen LogP contribution in [0.5, 0.6) is 11.5 Å². The van der Waals surface area contributed by atoms with Gasteiger partial charge >= 0.3 is 0 Å². The number of benzene rings is 2. The molecule has 3 nitrogen and oxygen atoms in total. The van der Waals surface area contributed by atoms with Crippen LogP contribution in [0.15, 0.2) is 48.0 Å². The van der Waals surface area contributed by atoms with Gasteiger partial charge in [0.05, 0.1) is 5.56 Å². The molecule has 2 heterocycles. The smallest absolute Gasteiger partial charge is 0.132 e. The van der Waals surface area contributed by atoms with Gasteiger partial charge in [0.15, 0.2) is 0 Å². The van der Waals surface area contributed by atoms with Crippen LogP contribution in [0.3, 0.4) is 0 Å². The maximum absolute atomic E-state index is 10.7. The Kier molecular flexibility index (Phi) is 4.73. The number of nitrogens with zero attached hydrogens (tertiary/aromatic N) is 1. The van der Waals surface area contributed by atoms with E-state index in [9.17, 15) is 5.11 Å². The van der Waals surface area contributed by atoms with Crippen molar-refractivity contribution in [3.63, 3.8) is 0 Å². The molecular formula is C24H29NO2. The summed E-state index contributed by atoms with van der Waals surface area (Å²) >= 11 is 0. The Morgan fingerprint density at radius 1 is 1.11 bits per heavy atom. The minimum atomic E-state index is -0.266. The Balaban J connectivity index is 1.75. The third kappa shape index (κ3) is 3.14. The van der Waals surface area contributed by atoms with Crippen molar-refractivity contribution < 1.29 is 9.84 Å². The largest absolute Gasteiger partial charge is 0.507 e. The Labute approximate surface area is 162 Å². The summed E-state index contributed by atoms with van der Waals surface area (Å²) in [6, 6.07) is 14.6. The molecule has 2 aromatic rings. The van der Waals surface area contributed by atoms with Crippen LogP contribution in [0.4, 0.5) is 0 Å². The van der Waals surface area contributed by atoms with Gasteiger partial charge in [-0.3, -0.25) is 4.90 Å². The summed E-state index contributed by atoms with van der Waals surface area (Å²) in [6.07, 6.45) is 2.84. The zero-order chi connectivity index (χ0) is 19.0. The quantitative estimate of drug-likeness (QED) is 0.799. The monoisotopic (exact) mass is 363 g/mol. The van der Waals surface area contributed by atoms with Gasteiger partial charge in [0.25, 0.3) is 0 Å². The fraction of sp³-hybridized carbons (Fsp3) is 0.417. The first-order chi connectivity index (χ1) is 13.1. The Hall–Kier alpha value is -2.26. The van der Waals surface area contributed by atoms with Crippen LogP contribution in [0, 0.1) is 6.92 Å². The standard InChI is InChI=1S/C24H29NO2/c1-4-24(5-2)20-16-25(15-18-9-7-6-8-10-18)12-11-19(20)23-21(26)13-17(3)14-22(23)27-24/h6-10,13-14,26H,4-5,11-12,15-16H2,1-3H3. The van der Waals surface area contributed by atoms with Crippen LogP contribution in [0.25, 0.3) is 5.57 Å². The van der Waals surface area contributed by atoms with E-state index in [0.29, 0.717) is 5.75 Å². The molecule has 0 spiro atoms. The Bertz CT molecular complexity index is 865. The number of fused-ring (bicyclic) bond motifs is 2. The molecule has 3 heteroatoms. The average molecular weight is 364 g/mol. The summed E-state index contributed by atoms with van der Waals surface area (Å²) in [7, 11) is 0. The predicted octanol–water partition coefficient (Wildman–Crippen LogP) is 5.31. The lowest BCUT2D eigenvalue weighted by Crippen LogP contribution is -2.47. The molecule has 2 aromatic carbocycles. The second-order valence-electron chi connectivity index (χ2n) is 7.86. The van der Waals surface area contributed by atoms with Crippen LogP contribution in [-0.4, -0.2) is 28.7 Å².